The Morgan fingerprint density at radius 3 is 2.91 bits per heavy atom. The molecule has 3 rings (SSSR count). The van der Waals surface area contributed by atoms with E-state index in [9.17, 15) is 13.2 Å². The summed E-state index contributed by atoms with van der Waals surface area (Å²) in [6.45, 7) is 4.20. The molecular weight excluding hydrogens is 316 g/mol. The Balaban J connectivity index is 1.75. The van der Waals surface area contributed by atoms with E-state index in [1.165, 1.54) is 0 Å². The summed E-state index contributed by atoms with van der Waals surface area (Å²) in [6, 6.07) is 4.94. The molecule has 0 bridgehead atoms. The zero-order valence-corrected chi connectivity index (χ0v) is 14.0. The maximum absolute atomic E-state index is 12.5. The molecule has 1 fully saturated rings. The summed E-state index contributed by atoms with van der Waals surface area (Å²) < 4.78 is 23.2. The standard InChI is InChI=1S/C15H20N4O3S/c1-3-19(12-6-7-23(21,22)9-12)15(20)18-11-4-5-13-14(8-11)17-10(2)16-13/h4-5,8,12H,3,6-7,9H2,1-2H3,(H,16,17)(H,18,20). The van der Waals surface area contributed by atoms with Crippen molar-refractivity contribution in [2.24, 2.45) is 0 Å². The van der Waals surface area contributed by atoms with E-state index in [0.29, 0.717) is 18.7 Å². The van der Waals surface area contributed by atoms with Crippen LogP contribution in [0.1, 0.15) is 19.2 Å². The molecule has 1 aliphatic heterocycles. The van der Waals surface area contributed by atoms with Gasteiger partial charge in [-0.25, -0.2) is 18.2 Å². The normalized spacial score (nSPS) is 19.8. The molecule has 23 heavy (non-hydrogen) atoms. The Morgan fingerprint density at radius 2 is 2.26 bits per heavy atom. The highest BCUT2D eigenvalue weighted by molar-refractivity contribution is 7.91. The van der Waals surface area contributed by atoms with Crippen molar-refractivity contribution in [1.82, 2.24) is 14.9 Å². The molecule has 124 valence electrons. The van der Waals surface area contributed by atoms with Gasteiger partial charge in [-0.3, -0.25) is 0 Å². The van der Waals surface area contributed by atoms with Gasteiger partial charge in [-0.15, -0.1) is 0 Å². The number of aryl methyl sites for hydroxylation is 1. The predicted octanol–water partition coefficient (Wildman–Crippen LogP) is 1.91. The van der Waals surface area contributed by atoms with Crippen molar-refractivity contribution >= 4 is 32.6 Å². The third-order valence-corrected chi connectivity index (χ3v) is 5.85. The van der Waals surface area contributed by atoms with Gasteiger partial charge in [-0.1, -0.05) is 0 Å². The zero-order chi connectivity index (χ0) is 16.6. The van der Waals surface area contributed by atoms with E-state index in [1.807, 2.05) is 26.0 Å². The monoisotopic (exact) mass is 336 g/mol. The number of aromatic amines is 1. The lowest BCUT2D eigenvalue weighted by Gasteiger charge is -2.27. The second-order valence-electron chi connectivity index (χ2n) is 5.83. The number of hydrogen-bond donors (Lipinski definition) is 2. The quantitative estimate of drug-likeness (QED) is 0.895. The molecule has 2 amide bonds. The number of aromatic nitrogens is 2. The van der Waals surface area contributed by atoms with Crippen molar-refractivity contribution in [3.63, 3.8) is 0 Å². The van der Waals surface area contributed by atoms with Crippen LogP contribution in [-0.4, -0.2) is 53.4 Å². The number of urea groups is 1. The summed E-state index contributed by atoms with van der Waals surface area (Å²) in [5.74, 6) is 1.02. The van der Waals surface area contributed by atoms with Crippen molar-refractivity contribution in [3.05, 3.63) is 24.0 Å². The van der Waals surface area contributed by atoms with Crippen LogP contribution in [0, 0.1) is 6.92 Å². The minimum Gasteiger partial charge on any atom is -0.342 e. The van der Waals surface area contributed by atoms with Crippen LogP contribution in [0.2, 0.25) is 0 Å². The molecule has 1 atom stereocenters. The molecule has 2 aromatic rings. The number of nitrogens with zero attached hydrogens (tertiary/aromatic N) is 2. The van der Waals surface area contributed by atoms with E-state index in [4.69, 9.17) is 0 Å². The van der Waals surface area contributed by atoms with Gasteiger partial charge in [0.1, 0.15) is 5.82 Å². The first kappa shape index (κ1) is 15.8. The number of amides is 2. The molecule has 2 heterocycles. The summed E-state index contributed by atoms with van der Waals surface area (Å²) in [5, 5.41) is 2.84. The lowest BCUT2D eigenvalue weighted by Crippen LogP contribution is -2.43. The largest absolute Gasteiger partial charge is 0.342 e. The highest BCUT2D eigenvalue weighted by Crippen LogP contribution is 2.21. The molecule has 2 N–H and O–H groups in total. The molecule has 0 aliphatic carbocycles. The third kappa shape index (κ3) is 3.31. The van der Waals surface area contributed by atoms with Gasteiger partial charge in [0.15, 0.2) is 9.84 Å². The average Bonchev–Trinajstić information content (AvgIpc) is 3.00. The minimum atomic E-state index is -3.02. The molecule has 1 aromatic carbocycles. The van der Waals surface area contributed by atoms with E-state index in [-0.39, 0.29) is 23.6 Å². The van der Waals surface area contributed by atoms with E-state index < -0.39 is 9.84 Å². The number of hydrogen-bond acceptors (Lipinski definition) is 4. The second-order valence-corrected chi connectivity index (χ2v) is 8.06. The van der Waals surface area contributed by atoms with Crippen LogP contribution < -0.4 is 5.32 Å². The Morgan fingerprint density at radius 1 is 1.48 bits per heavy atom. The number of rotatable bonds is 3. The van der Waals surface area contributed by atoms with Crippen molar-refractivity contribution in [2.45, 2.75) is 26.3 Å². The summed E-state index contributed by atoms with van der Waals surface area (Å²) in [5.41, 5.74) is 2.35. The lowest BCUT2D eigenvalue weighted by molar-refractivity contribution is 0.197. The Bertz CT molecular complexity index is 844. The summed E-state index contributed by atoms with van der Waals surface area (Å²) >= 11 is 0. The Labute approximate surface area is 135 Å². The van der Waals surface area contributed by atoms with Gasteiger partial charge in [0.05, 0.1) is 22.5 Å². The predicted molar refractivity (Wildman–Crippen MR) is 89.3 cm³/mol. The van der Waals surface area contributed by atoms with Gasteiger partial charge >= 0.3 is 6.03 Å². The van der Waals surface area contributed by atoms with Crippen LogP contribution >= 0.6 is 0 Å². The molecule has 1 unspecified atom stereocenters. The number of carbonyl (C=O) groups excluding carboxylic acids is 1. The highest BCUT2D eigenvalue weighted by atomic mass is 32.2. The Hall–Kier alpha value is -2.09. The van der Waals surface area contributed by atoms with E-state index in [1.54, 1.807) is 11.0 Å². The minimum absolute atomic E-state index is 0.0486. The van der Waals surface area contributed by atoms with Gasteiger partial charge < -0.3 is 15.2 Å². The van der Waals surface area contributed by atoms with Crippen molar-refractivity contribution in [2.75, 3.05) is 23.4 Å². The van der Waals surface area contributed by atoms with Gasteiger partial charge in [-0.2, -0.15) is 0 Å². The molecular formula is C15H20N4O3S. The molecule has 1 saturated heterocycles. The van der Waals surface area contributed by atoms with Gasteiger partial charge in [0.2, 0.25) is 0 Å². The fourth-order valence-corrected chi connectivity index (χ4v) is 4.73. The number of nitrogens with one attached hydrogen (secondary N) is 2. The van der Waals surface area contributed by atoms with Crippen molar-refractivity contribution < 1.29 is 13.2 Å². The number of fused-ring (bicyclic) bond motifs is 1. The molecule has 0 spiro atoms. The van der Waals surface area contributed by atoms with E-state index in [0.717, 1.165) is 16.9 Å². The SMILES string of the molecule is CCN(C(=O)Nc1ccc2nc(C)[nH]c2c1)C1CCS(=O)(=O)C1. The van der Waals surface area contributed by atoms with Gasteiger partial charge in [0, 0.05) is 18.3 Å². The Kier molecular flexibility index (Phi) is 4.01. The van der Waals surface area contributed by atoms with Crippen LogP contribution in [-0.2, 0) is 9.84 Å². The molecule has 1 aliphatic rings. The number of sulfone groups is 1. The van der Waals surface area contributed by atoms with Crippen molar-refractivity contribution in [1.29, 1.82) is 0 Å². The zero-order valence-electron chi connectivity index (χ0n) is 13.2. The fraction of sp³-hybridized carbons (Fsp3) is 0.467. The van der Waals surface area contributed by atoms with E-state index >= 15 is 0 Å². The maximum atomic E-state index is 12.5. The highest BCUT2D eigenvalue weighted by Gasteiger charge is 2.33. The maximum Gasteiger partial charge on any atom is 0.322 e. The number of H-pyrrole nitrogens is 1. The summed E-state index contributed by atoms with van der Waals surface area (Å²) in [7, 11) is -3.02. The average molecular weight is 336 g/mol. The van der Waals surface area contributed by atoms with Crippen LogP contribution in [0.4, 0.5) is 10.5 Å². The molecule has 7 nitrogen and oxygen atoms in total. The first-order valence-electron chi connectivity index (χ1n) is 7.62. The van der Waals surface area contributed by atoms with Crippen LogP contribution in [0.25, 0.3) is 11.0 Å². The molecule has 8 heteroatoms. The van der Waals surface area contributed by atoms with E-state index in [2.05, 4.69) is 15.3 Å². The smallest absolute Gasteiger partial charge is 0.322 e. The first-order valence-corrected chi connectivity index (χ1v) is 9.44. The molecule has 1 aromatic heterocycles. The number of benzene rings is 1. The van der Waals surface area contributed by atoms with Crippen LogP contribution in [0.15, 0.2) is 18.2 Å². The summed E-state index contributed by atoms with van der Waals surface area (Å²) in [4.78, 5) is 21.5. The topological polar surface area (TPSA) is 95.2 Å². The third-order valence-electron chi connectivity index (χ3n) is 4.10. The lowest BCUT2D eigenvalue weighted by atomic mass is 10.2. The van der Waals surface area contributed by atoms with Crippen LogP contribution in [0.5, 0.6) is 0 Å². The van der Waals surface area contributed by atoms with Gasteiger partial charge in [-0.05, 0) is 38.5 Å². The number of anilines is 1. The van der Waals surface area contributed by atoms with Crippen LogP contribution in [0.3, 0.4) is 0 Å². The second kappa shape index (κ2) is 5.84. The summed E-state index contributed by atoms with van der Waals surface area (Å²) in [6.07, 6.45) is 0.502. The number of imidazole rings is 1. The number of carbonyl (C=O) groups is 1. The first-order chi connectivity index (χ1) is 10.9. The van der Waals surface area contributed by atoms with Crippen molar-refractivity contribution in [3.8, 4) is 0 Å². The van der Waals surface area contributed by atoms with Gasteiger partial charge in [0.25, 0.3) is 0 Å². The fourth-order valence-electron chi connectivity index (χ4n) is 3.00. The molecule has 0 saturated carbocycles. The molecule has 0 radical (unpaired) electrons.